The summed E-state index contributed by atoms with van der Waals surface area (Å²) in [6.45, 7) is 4.43. The van der Waals surface area contributed by atoms with E-state index >= 15 is 0 Å². The van der Waals surface area contributed by atoms with Crippen molar-refractivity contribution in [3.8, 4) is 5.75 Å². The van der Waals surface area contributed by atoms with Crippen LogP contribution in [0.3, 0.4) is 0 Å². The van der Waals surface area contributed by atoms with Crippen LogP contribution in [-0.4, -0.2) is 43.0 Å². The smallest absolute Gasteiger partial charge is 0.254 e. The first-order valence-corrected chi connectivity index (χ1v) is 9.38. The lowest BCUT2D eigenvalue weighted by Gasteiger charge is -2.19. The topological polar surface area (TPSA) is 58.6 Å². The molecule has 5 nitrogen and oxygen atoms in total. The third kappa shape index (κ3) is 4.32. The number of hydrogen-bond donors (Lipinski definition) is 1. The van der Waals surface area contributed by atoms with Gasteiger partial charge < -0.3 is 15.0 Å². The van der Waals surface area contributed by atoms with Crippen LogP contribution in [0.5, 0.6) is 5.75 Å². The number of nitrogens with one attached hydrogen (secondary N) is 1. The molecule has 148 valence electrons. The quantitative estimate of drug-likeness (QED) is 0.861. The highest BCUT2D eigenvalue weighted by atomic mass is 19.1. The minimum atomic E-state index is -0.432. The van der Waals surface area contributed by atoms with Crippen molar-refractivity contribution in [3.05, 3.63) is 65.5 Å². The zero-order valence-electron chi connectivity index (χ0n) is 16.3. The molecule has 1 aliphatic heterocycles. The number of hydrogen-bond acceptors (Lipinski definition) is 3. The van der Waals surface area contributed by atoms with Crippen LogP contribution in [0.15, 0.2) is 48.5 Å². The van der Waals surface area contributed by atoms with Crippen molar-refractivity contribution in [2.75, 3.05) is 20.2 Å². The molecule has 0 aromatic heterocycles. The summed E-state index contributed by atoms with van der Waals surface area (Å²) in [5.74, 6) is -0.730. The number of likely N-dealkylation sites (tertiary alicyclic amines) is 1. The number of ether oxygens (including phenoxy) is 1. The number of rotatable bonds is 5. The number of carbonyl (C=O) groups excluding carboxylic acids is 2. The van der Waals surface area contributed by atoms with E-state index in [1.54, 1.807) is 42.3 Å². The fourth-order valence-corrected chi connectivity index (χ4v) is 3.64. The van der Waals surface area contributed by atoms with E-state index in [0.717, 1.165) is 5.56 Å². The van der Waals surface area contributed by atoms with Crippen molar-refractivity contribution >= 4 is 11.8 Å². The molecule has 1 heterocycles. The number of carbonyl (C=O) groups is 2. The first-order chi connectivity index (χ1) is 13.4. The Hall–Kier alpha value is -2.89. The molecule has 0 bridgehead atoms. The Labute approximate surface area is 164 Å². The van der Waals surface area contributed by atoms with Gasteiger partial charge >= 0.3 is 0 Å². The normalized spacial score (nSPS) is 19.0. The monoisotopic (exact) mass is 384 g/mol. The summed E-state index contributed by atoms with van der Waals surface area (Å²) >= 11 is 0. The van der Waals surface area contributed by atoms with Gasteiger partial charge in [-0.2, -0.15) is 0 Å². The zero-order chi connectivity index (χ0) is 20.3. The van der Waals surface area contributed by atoms with E-state index < -0.39 is 5.92 Å². The molecule has 0 unspecified atom stereocenters. The Bertz CT molecular complexity index is 868. The Kier molecular flexibility index (Phi) is 5.97. The van der Waals surface area contributed by atoms with Gasteiger partial charge in [0.15, 0.2) is 0 Å². The molecule has 2 atom stereocenters. The molecule has 3 rings (SSSR count). The first kappa shape index (κ1) is 19.9. The summed E-state index contributed by atoms with van der Waals surface area (Å²) in [5.41, 5.74) is 1.23. The number of halogens is 1. The van der Waals surface area contributed by atoms with Crippen LogP contribution in [0.2, 0.25) is 0 Å². The number of methoxy groups -OCH3 is 1. The van der Waals surface area contributed by atoms with Crippen LogP contribution in [-0.2, 0) is 4.79 Å². The van der Waals surface area contributed by atoms with Crippen molar-refractivity contribution in [1.29, 1.82) is 0 Å². The number of benzene rings is 2. The molecular formula is C22H25FN2O3. The zero-order valence-corrected chi connectivity index (χ0v) is 16.3. The maximum atomic E-state index is 13.8. The lowest BCUT2D eigenvalue weighted by molar-refractivity contribution is -0.125. The van der Waals surface area contributed by atoms with Gasteiger partial charge in [0.2, 0.25) is 5.91 Å². The van der Waals surface area contributed by atoms with Crippen LogP contribution in [0.1, 0.15) is 35.7 Å². The van der Waals surface area contributed by atoms with E-state index in [1.165, 1.54) is 12.1 Å². The maximum Gasteiger partial charge on any atom is 0.254 e. The van der Waals surface area contributed by atoms with Crippen LogP contribution in [0, 0.1) is 11.7 Å². The van der Waals surface area contributed by atoms with Crippen molar-refractivity contribution < 1.29 is 18.7 Å². The molecule has 1 fully saturated rings. The largest absolute Gasteiger partial charge is 0.497 e. The molecule has 0 aliphatic carbocycles. The summed E-state index contributed by atoms with van der Waals surface area (Å²) in [6, 6.07) is 13.2. The van der Waals surface area contributed by atoms with Crippen molar-refractivity contribution in [3.63, 3.8) is 0 Å². The van der Waals surface area contributed by atoms with Gasteiger partial charge in [0, 0.05) is 30.6 Å². The average molecular weight is 384 g/mol. The molecule has 1 saturated heterocycles. The molecule has 2 amide bonds. The van der Waals surface area contributed by atoms with Crippen LogP contribution < -0.4 is 10.1 Å². The van der Waals surface area contributed by atoms with Crippen LogP contribution in [0.4, 0.5) is 4.39 Å². The second-order valence-corrected chi connectivity index (χ2v) is 7.37. The van der Waals surface area contributed by atoms with Gasteiger partial charge in [-0.3, -0.25) is 9.59 Å². The molecular weight excluding hydrogens is 359 g/mol. The van der Waals surface area contributed by atoms with Crippen LogP contribution >= 0.6 is 0 Å². The van der Waals surface area contributed by atoms with E-state index in [2.05, 4.69) is 5.32 Å². The molecule has 0 spiro atoms. The lowest BCUT2D eigenvalue weighted by Crippen LogP contribution is -2.39. The molecule has 28 heavy (non-hydrogen) atoms. The Morgan fingerprint density at radius 2 is 1.89 bits per heavy atom. The average Bonchev–Trinajstić information content (AvgIpc) is 3.12. The van der Waals surface area contributed by atoms with E-state index in [-0.39, 0.29) is 36.1 Å². The van der Waals surface area contributed by atoms with Crippen LogP contribution in [0.25, 0.3) is 0 Å². The molecule has 1 N–H and O–H groups in total. The molecule has 1 aliphatic rings. The van der Waals surface area contributed by atoms with Crippen molar-refractivity contribution in [2.45, 2.75) is 25.8 Å². The SMILES string of the molecule is COc1cccc(C(=O)N2C[C@@H](C(=O)NC(C)C)[C@H](c3cccc(F)c3)C2)c1. The van der Waals surface area contributed by atoms with E-state index in [4.69, 9.17) is 4.74 Å². The second kappa shape index (κ2) is 8.42. The van der Waals surface area contributed by atoms with E-state index in [0.29, 0.717) is 17.9 Å². The minimum Gasteiger partial charge on any atom is -0.497 e. The highest BCUT2D eigenvalue weighted by Gasteiger charge is 2.40. The van der Waals surface area contributed by atoms with Gasteiger partial charge in [-0.15, -0.1) is 0 Å². The fourth-order valence-electron chi connectivity index (χ4n) is 3.64. The summed E-state index contributed by atoms with van der Waals surface area (Å²) in [6.07, 6.45) is 0. The first-order valence-electron chi connectivity index (χ1n) is 9.38. The predicted molar refractivity (Wildman–Crippen MR) is 105 cm³/mol. The second-order valence-electron chi connectivity index (χ2n) is 7.37. The number of amides is 2. The van der Waals surface area contributed by atoms with Gasteiger partial charge in [-0.25, -0.2) is 4.39 Å². The summed E-state index contributed by atoms with van der Waals surface area (Å²) in [5, 5.41) is 2.93. The summed E-state index contributed by atoms with van der Waals surface area (Å²) in [4.78, 5) is 27.4. The third-order valence-corrected chi connectivity index (χ3v) is 4.97. The molecule has 0 saturated carbocycles. The summed E-state index contributed by atoms with van der Waals surface area (Å²) in [7, 11) is 1.55. The summed E-state index contributed by atoms with van der Waals surface area (Å²) < 4.78 is 19.0. The van der Waals surface area contributed by atoms with Crippen molar-refractivity contribution in [2.24, 2.45) is 5.92 Å². The lowest BCUT2D eigenvalue weighted by atomic mass is 9.88. The van der Waals surface area contributed by atoms with Gasteiger partial charge in [0.25, 0.3) is 5.91 Å². The van der Waals surface area contributed by atoms with Gasteiger partial charge in [0.1, 0.15) is 11.6 Å². The van der Waals surface area contributed by atoms with Crippen molar-refractivity contribution in [1.82, 2.24) is 10.2 Å². The fraction of sp³-hybridized carbons (Fsp3) is 0.364. The van der Waals surface area contributed by atoms with E-state index in [1.807, 2.05) is 19.9 Å². The highest BCUT2D eigenvalue weighted by molar-refractivity contribution is 5.95. The maximum absolute atomic E-state index is 13.8. The predicted octanol–water partition coefficient (Wildman–Crippen LogP) is 3.21. The Morgan fingerprint density at radius 3 is 2.57 bits per heavy atom. The van der Waals surface area contributed by atoms with Gasteiger partial charge in [0.05, 0.1) is 13.0 Å². The Balaban J connectivity index is 1.88. The standard InChI is InChI=1S/C22H25FN2O3/c1-14(2)24-21(26)20-13-25(12-19(20)15-6-4-8-17(23)10-15)22(27)16-7-5-9-18(11-16)28-3/h4-11,14,19-20H,12-13H2,1-3H3,(H,24,26)/t19-,20+/m0/s1. The van der Waals surface area contributed by atoms with E-state index in [9.17, 15) is 14.0 Å². The third-order valence-electron chi connectivity index (χ3n) is 4.97. The minimum absolute atomic E-state index is 0.0104. The van der Waals surface area contributed by atoms with Gasteiger partial charge in [-0.1, -0.05) is 18.2 Å². The molecule has 0 radical (unpaired) electrons. The number of nitrogens with zero attached hydrogens (tertiary/aromatic N) is 1. The van der Waals surface area contributed by atoms with Gasteiger partial charge in [-0.05, 0) is 49.7 Å². The highest BCUT2D eigenvalue weighted by Crippen LogP contribution is 2.34. The molecule has 6 heteroatoms. The molecule has 2 aromatic rings. The molecule has 2 aromatic carbocycles. The Morgan fingerprint density at radius 1 is 1.14 bits per heavy atom.